The average Bonchev–Trinajstić information content (AvgIpc) is 2.57. The van der Waals surface area contributed by atoms with Crippen LogP contribution in [0.15, 0.2) is 24.3 Å². The second-order valence-electron chi connectivity index (χ2n) is 6.83. The maximum absolute atomic E-state index is 11.6. The van der Waals surface area contributed by atoms with Crippen LogP contribution in [0.4, 0.5) is 0 Å². The summed E-state index contributed by atoms with van der Waals surface area (Å²) in [6.07, 6.45) is 10.8. The van der Waals surface area contributed by atoms with Gasteiger partial charge in [-0.1, -0.05) is 44.4 Å². The predicted molar refractivity (Wildman–Crippen MR) is 98.5 cm³/mol. The number of carbonyl (C=O) groups is 2. The number of carboxylic acids is 1. The molecule has 0 radical (unpaired) electrons. The van der Waals surface area contributed by atoms with Crippen molar-refractivity contribution in [3.05, 3.63) is 24.3 Å². The number of hydrogen-bond acceptors (Lipinski definition) is 5. The molecule has 1 aliphatic heterocycles. The number of rotatable bonds is 12. The Hall–Kier alpha value is -1.66. The van der Waals surface area contributed by atoms with Crippen molar-refractivity contribution < 1.29 is 29.6 Å². The molecule has 1 rings (SSSR count). The van der Waals surface area contributed by atoms with Crippen LogP contribution in [0, 0.1) is 5.92 Å². The molecule has 26 heavy (non-hydrogen) atoms. The van der Waals surface area contributed by atoms with Gasteiger partial charge in [0.15, 0.2) is 0 Å². The molecular weight excluding hydrogens is 336 g/mol. The lowest BCUT2D eigenvalue weighted by Crippen LogP contribution is -2.41. The van der Waals surface area contributed by atoms with E-state index >= 15 is 0 Å². The first-order valence-electron chi connectivity index (χ1n) is 9.54. The van der Waals surface area contributed by atoms with Crippen molar-refractivity contribution >= 4 is 11.9 Å². The zero-order valence-corrected chi connectivity index (χ0v) is 15.5. The highest BCUT2D eigenvalue weighted by molar-refractivity contribution is 5.71. The number of aliphatic hydroxyl groups excluding tert-OH is 2. The lowest BCUT2D eigenvalue weighted by Gasteiger charge is -2.32. The fourth-order valence-corrected chi connectivity index (χ4v) is 2.98. The molecule has 148 valence electrons. The fraction of sp³-hybridized carbons (Fsp3) is 0.700. The monoisotopic (exact) mass is 368 g/mol. The van der Waals surface area contributed by atoms with Gasteiger partial charge >= 0.3 is 11.9 Å². The summed E-state index contributed by atoms with van der Waals surface area (Å²) in [5, 5.41) is 28.8. The summed E-state index contributed by atoms with van der Waals surface area (Å²) in [7, 11) is 0. The first-order chi connectivity index (χ1) is 12.4. The third-order valence-electron chi connectivity index (χ3n) is 4.52. The molecular formula is C20H32O6. The van der Waals surface area contributed by atoms with Crippen molar-refractivity contribution in [1.29, 1.82) is 0 Å². The number of hydrogen-bond donors (Lipinski definition) is 3. The van der Waals surface area contributed by atoms with Crippen molar-refractivity contribution in [3.8, 4) is 0 Å². The fourth-order valence-electron chi connectivity index (χ4n) is 2.98. The molecule has 4 atom stereocenters. The van der Waals surface area contributed by atoms with Gasteiger partial charge in [-0.05, 0) is 31.8 Å². The Morgan fingerprint density at radius 3 is 2.77 bits per heavy atom. The van der Waals surface area contributed by atoms with Crippen LogP contribution in [0.5, 0.6) is 0 Å². The lowest BCUT2D eigenvalue weighted by atomic mass is 9.87. The molecule has 0 amide bonds. The standard InChI is InChI=1S/C20H32O6/c1-2-3-6-9-15(21)12-13-18-16(17(22)14-20(25)26-18)10-7-4-5-8-11-19(23)24/h4,7,12-13,15-18,21-22H,2-3,5-6,8-11,14H2,1H3,(H,23,24)/b7-4-,13-12+/t15-,16-,17+,18+/m0/s1. The van der Waals surface area contributed by atoms with Crippen LogP contribution in [0.1, 0.15) is 64.7 Å². The summed E-state index contributed by atoms with van der Waals surface area (Å²) in [6, 6.07) is 0. The number of esters is 1. The molecule has 0 bridgehead atoms. The van der Waals surface area contributed by atoms with E-state index in [1.807, 2.05) is 12.2 Å². The third kappa shape index (κ3) is 9.15. The Morgan fingerprint density at radius 1 is 1.31 bits per heavy atom. The van der Waals surface area contributed by atoms with Crippen molar-refractivity contribution in [2.24, 2.45) is 5.92 Å². The molecule has 6 nitrogen and oxygen atoms in total. The van der Waals surface area contributed by atoms with E-state index in [0.29, 0.717) is 25.7 Å². The zero-order valence-electron chi connectivity index (χ0n) is 15.5. The van der Waals surface area contributed by atoms with Crippen LogP contribution >= 0.6 is 0 Å². The minimum Gasteiger partial charge on any atom is -0.481 e. The van der Waals surface area contributed by atoms with Gasteiger partial charge in [0.2, 0.25) is 0 Å². The highest BCUT2D eigenvalue weighted by Crippen LogP contribution is 2.27. The Morgan fingerprint density at radius 2 is 2.08 bits per heavy atom. The molecule has 1 aliphatic rings. The Bertz CT molecular complexity index is 485. The molecule has 6 heteroatoms. The predicted octanol–water partition coefficient (Wildman–Crippen LogP) is 2.98. The molecule has 1 fully saturated rings. The molecule has 0 spiro atoms. The van der Waals surface area contributed by atoms with Gasteiger partial charge < -0.3 is 20.1 Å². The zero-order chi connectivity index (χ0) is 19.4. The van der Waals surface area contributed by atoms with Gasteiger partial charge in [0.1, 0.15) is 6.10 Å². The molecule has 1 saturated heterocycles. The van der Waals surface area contributed by atoms with E-state index in [2.05, 4.69) is 6.92 Å². The molecule has 0 aromatic heterocycles. The van der Waals surface area contributed by atoms with Gasteiger partial charge in [0.25, 0.3) is 0 Å². The van der Waals surface area contributed by atoms with Gasteiger partial charge in [0.05, 0.1) is 18.6 Å². The van der Waals surface area contributed by atoms with Gasteiger partial charge in [-0.3, -0.25) is 9.59 Å². The highest BCUT2D eigenvalue weighted by Gasteiger charge is 2.35. The van der Waals surface area contributed by atoms with Crippen LogP contribution in [-0.4, -0.2) is 45.6 Å². The normalized spacial score (nSPS) is 24.9. The minimum atomic E-state index is -0.810. The maximum Gasteiger partial charge on any atom is 0.309 e. The summed E-state index contributed by atoms with van der Waals surface area (Å²) in [6.45, 7) is 2.10. The number of aliphatic carboxylic acids is 1. The van der Waals surface area contributed by atoms with Gasteiger partial charge in [-0.2, -0.15) is 0 Å². The number of unbranched alkanes of at least 4 members (excludes halogenated alkanes) is 3. The van der Waals surface area contributed by atoms with Gasteiger partial charge in [0, 0.05) is 12.3 Å². The number of carboxylic acid groups (broad SMARTS) is 1. The minimum absolute atomic E-state index is 0.0269. The Balaban J connectivity index is 2.54. The molecule has 1 heterocycles. The number of carbonyl (C=O) groups excluding carboxylic acids is 1. The second-order valence-corrected chi connectivity index (χ2v) is 6.83. The van der Waals surface area contributed by atoms with E-state index < -0.39 is 30.3 Å². The Labute approximate surface area is 155 Å². The summed E-state index contributed by atoms with van der Waals surface area (Å²) in [4.78, 5) is 22.1. The van der Waals surface area contributed by atoms with Gasteiger partial charge in [-0.25, -0.2) is 0 Å². The van der Waals surface area contributed by atoms with Crippen molar-refractivity contribution in [3.63, 3.8) is 0 Å². The van der Waals surface area contributed by atoms with Crippen molar-refractivity contribution in [2.45, 2.75) is 83.0 Å². The molecule has 0 saturated carbocycles. The molecule has 0 aromatic carbocycles. The van der Waals surface area contributed by atoms with E-state index in [-0.39, 0.29) is 18.8 Å². The summed E-state index contributed by atoms with van der Waals surface area (Å²) in [5.74, 6) is -1.51. The van der Waals surface area contributed by atoms with Crippen LogP contribution in [-0.2, 0) is 14.3 Å². The van der Waals surface area contributed by atoms with E-state index in [9.17, 15) is 19.8 Å². The van der Waals surface area contributed by atoms with Crippen LogP contribution in [0.3, 0.4) is 0 Å². The van der Waals surface area contributed by atoms with Gasteiger partial charge in [-0.15, -0.1) is 0 Å². The molecule has 0 aliphatic carbocycles. The first kappa shape index (κ1) is 22.4. The Kier molecular flexibility index (Phi) is 10.9. The SMILES string of the molecule is CCCCC[C@H](O)/C=C/[C@H]1OC(=O)C[C@@H](O)[C@@H]1C/C=C\CCCC(=O)O. The lowest BCUT2D eigenvalue weighted by molar-refractivity contribution is -0.163. The van der Waals surface area contributed by atoms with Crippen LogP contribution in [0.25, 0.3) is 0 Å². The summed E-state index contributed by atoms with van der Waals surface area (Å²) in [5.41, 5.74) is 0. The summed E-state index contributed by atoms with van der Waals surface area (Å²) < 4.78 is 5.35. The average molecular weight is 368 g/mol. The van der Waals surface area contributed by atoms with E-state index in [4.69, 9.17) is 9.84 Å². The highest BCUT2D eigenvalue weighted by atomic mass is 16.5. The first-order valence-corrected chi connectivity index (χ1v) is 9.54. The smallest absolute Gasteiger partial charge is 0.309 e. The quantitative estimate of drug-likeness (QED) is 0.278. The number of allylic oxidation sites excluding steroid dienone is 2. The maximum atomic E-state index is 11.6. The van der Waals surface area contributed by atoms with E-state index in [1.165, 1.54) is 0 Å². The van der Waals surface area contributed by atoms with Crippen molar-refractivity contribution in [1.82, 2.24) is 0 Å². The number of aliphatic hydroxyl groups is 2. The molecule has 0 unspecified atom stereocenters. The third-order valence-corrected chi connectivity index (χ3v) is 4.52. The van der Waals surface area contributed by atoms with Crippen LogP contribution < -0.4 is 0 Å². The number of ether oxygens (including phenoxy) is 1. The number of cyclic esters (lactones) is 1. The van der Waals surface area contributed by atoms with Crippen LogP contribution in [0.2, 0.25) is 0 Å². The largest absolute Gasteiger partial charge is 0.481 e. The second kappa shape index (κ2) is 12.7. The summed E-state index contributed by atoms with van der Waals surface area (Å²) >= 11 is 0. The molecule has 0 aromatic rings. The molecule has 3 N–H and O–H groups in total. The van der Waals surface area contributed by atoms with Crippen molar-refractivity contribution in [2.75, 3.05) is 0 Å². The van der Waals surface area contributed by atoms with E-state index in [0.717, 1.165) is 19.3 Å². The topological polar surface area (TPSA) is 104 Å². The van der Waals surface area contributed by atoms with E-state index in [1.54, 1.807) is 12.2 Å².